The smallest absolute Gasteiger partial charge is 0.157 e. The van der Waals surface area contributed by atoms with E-state index in [-0.39, 0.29) is 0 Å². The Morgan fingerprint density at radius 1 is 1.00 bits per heavy atom. The van der Waals surface area contributed by atoms with E-state index in [1.165, 1.54) is 0 Å². The SMILES string of the molecule is CN(C)c1cncc2ncc(-c3ccccc3)n12. The molecule has 0 amide bonds. The summed E-state index contributed by atoms with van der Waals surface area (Å²) in [7, 11) is 4.01. The normalized spacial score (nSPS) is 10.8. The molecule has 90 valence electrons. The van der Waals surface area contributed by atoms with Gasteiger partial charge in [0.05, 0.1) is 24.3 Å². The Labute approximate surface area is 106 Å². The molecule has 0 aliphatic carbocycles. The molecule has 2 aromatic heterocycles. The average molecular weight is 238 g/mol. The summed E-state index contributed by atoms with van der Waals surface area (Å²) >= 11 is 0. The van der Waals surface area contributed by atoms with Crippen molar-refractivity contribution in [3.05, 3.63) is 48.9 Å². The molecular weight excluding hydrogens is 224 g/mol. The van der Waals surface area contributed by atoms with Gasteiger partial charge in [-0.1, -0.05) is 30.3 Å². The van der Waals surface area contributed by atoms with Crippen LogP contribution in [0.5, 0.6) is 0 Å². The quantitative estimate of drug-likeness (QED) is 0.687. The second kappa shape index (κ2) is 4.14. The molecule has 4 heteroatoms. The molecule has 0 aliphatic heterocycles. The molecule has 0 spiro atoms. The minimum atomic E-state index is 0.861. The van der Waals surface area contributed by atoms with Crippen LogP contribution in [0.15, 0.2) is 48.9 Å². The van der Waals surface area contributed by atoms with Gasteiger partial charge in [0.15, 0.2) is 5.65 Å². The van der Waals surface area contributed by atoms with Crippen LogP contribution in [0.4, 0.5) is 5.82 Å². The van der Waals surface area contributed by atoms with Crippen molar-refractivity contribution < 1.29 is 0 Å². The van der Waals surface area contributed by atoms with E-state index >= 15 is 0 Å². The van der Waals surface area contributed by atoms with Gasteiger partial charge >= 0.3 is 0 Å². The van der Waals surface area contributed by atoms with Crippen molar-refractivity contribution >= 4 is 11.5 Å². The zero-order valence-corrected chi connectivity index (χ0v) is 10.4. The molecule has 2 heterocycles. The fraction of sp³-hybridized carbons (Fsp3) is 0.143. The van der Waals surface area contributed by atoms with Crippen LogP contribution in [0.25, 0.3) is 16.9 Å². The summed E-state index contributed by atoms with van der Waals surface area (Å²) in [5, 5.41) is 0. The predicted octanol–water partition coefficient (Wildman–Crippen LogP) is 2.46. The van der Waals surface area contributed by atoms with Gasteiger partial charge in [0, 0.05) is 19.7 Å². The Morgan fingerprint density at radius 3 is 2.50 bits per heavy atom. The van der Waals surface area contributed by atoms with Gasteiger partial charge in [-0.25, -0.2) is 4.98 Å². The lowest BCUT2D eigenvalue weighted by Crippen LogP contribution is -2.13. The summed E-state index contributed by atoms with van der Waals surface area (Å²) in [5.74, 6) is 1.02. The highest BCUT2D eigenvalue weighted by molar-refractivity contribution is 5.66. The number of anilines is 1. The molecular formula is C14H14N4. The Hall–Kier alpha value is -2.36. The van der Waals surface area contributed by atoms with E-state index in [2.05, 4.69) is 26.5 Å². The minimum Gasteiger partial charge on any atom is -0.363 e. The lowest BCUT2D eigenvalue weighted by atomic mass is 10.2. The molecule has 0 atom stereocenters. The standard InChI is InChI=1S/C14H14N4/c1-17(2)14-10-15-9-13-16-8-12(18(13)14)11-6-4-3-5-7-11/h3-10H,1-2H3. The average Bonchev–Trinajstić information content (AvgIpc) is 2.83. The fourth-order valence-corrected chi connectivity index (χ4v) is 2.05. The van der Waals surface area contributed by atoms with Gasteiger partial charge in [-0.05, 0) is 0 Å². The van der Waals surface area contributed by atoms with Gasteiger partial charge in [0.25, 0.3) is 0 Å². The summed E-state index contributed by atoms with van der Waals surface area (Å²) < 4.78 is 2.11. The number of hydrogen-bond donors (Lipinski definition) is 0. The van der Waals surface area contributed by atoms with Crippen molar-refractivity contribution in [2.45, 2.75) is 0 Å². The topological polar surface area (TPSA) is 33.4 Å². The summed E-state index contributed by atoms with van der Waals surface area (Å²) in [4.78, 5) is 10.7. The fourth-order valence-electron chi connectivity index (χ4n) is 2.05. The molecule has 0 N–H and O–H groups in total. The molecule has 0 saturated heterocycles. The van der Waals surface area contributed by atoms with E-state index in [0.29, 0.717) is 0 Å². The molecule has 3 aromatic rings. The number of rotatable bonds is 2. The molecule has 1 aromatic carbocycles. The molecule has 0 saturated carbocycles. The second-order valence-electron chi connectivity index (χ2n) is 4.36. The minimum absolute atomic E-state index is 0.861. The van der Waals surface area contributed by atoms with Crippen LogP contribution < -0.4 is 4.90 Å². The van der Waals surface area contributed by atoms with E-state index < -0.39 is 0 Å². The maximum Gasteiger partial charge on any atom is 0.157 e. The first-order valence-corrected chi connectivity index (χ1v) is 5.81. The highest BCUT2D eigenvalue weighted by Gasteiger charge is 2.10. The molecule has 4 nitrogen and oxygen atoms in total. The largest absolute Gasteiger partial charge is 0.363 e. The monoisotopic (exact) mass is 238 g/mol. The Kier molecular flexibility index (Phi) is 2.48. The van der Waals surface area contributed by atoms with E-state index in [0.717, 1.165) is 22.7 Å². The summed E-state index contributed by atoms with van der Waals surface area (Å²) in [6, 6.07) is 10.3. The zero-order valence-electron chi connectivity index (χ0n) is 10.4. The van der Waals surface area contributed by atoms with Crippen molar-refractivity contribution in [2.24, 2.45) is 0 Å². The number of imidazole rings is 1. The predicted molar refractivity (Wildman–Crippen MR) is 72.8 cm³/mol. The van der Waals surface area contributed by atoms with Crippen LogP contribution in [0.3, 0.4) is 0 Å². The van der Waals surface area contributed by atoms with Gasteiger partial charge in [-0.15, -0.1) is 0 Å². The Bertz CT molecular complexity index is 671. The number of aromatic nitrogens is 3. The van der Waals surface area contributed by atoms with Gasteiger partial charge in [-0.2, -0.15) is 0 Å². The third-order valence-electron chi connectivity index (χ3n) is 2.93. The second-order valence-corrected chi connectivity index (χ2v) is 4.36. The van der Waals surface area contributed by atoms with Gasteiger partial charge < -0.3 is 4.90 Å². The first-order valence-electron chi connectivity index (χ1n) is 5.81. The van der Waals surface area contributed by atoms with Gasteiger partial charge in [0.2, 0.25) is 0 Å². The van der Waals surface area contributed by atoms with Crippen molar-refractivity contribution in [3.8, 4) is 11.3 Å². The van der Waals surface area contributed by atoms with Gasteiger partial charge in [0.1, 0.15) is 5.82 Å². The van der Waals surface area contributed by atoms with Crippen molar-refractivity contribution in [3.63, 3.8) is 0 Å². The molecule has 0 unspecified atom stereocenters. The number of nitrogens with zero attached hydrogens (tertiary/aromatic N) is 4. The van der Waals surface area contributed by atoms with Crippen molar-refractivity contribution in [2.75, 3.05) is 19.0 Å². The number of benzene rings is 1. The highest BCUT2D eigenvalue weighted by Crippen LogP contribution is 2.24. The molecule has 3 rings (SSSR count). The van der Waals surface area contributed by atoms with Crippen molar-refractivity contribution in [1.29, 1.82) is 0 Å². The van der Waals surface area contributed by atoms with E-state index in [1.807, 2.05) is 49.6 Å². The molecule has 0 radical (unpaired) electrons. The van der Waals surface area contributed by atoms with Crippen LogP contribution in [0.2, 0.25) is 0 Å². The number of hydrogen-bond acceptors (Lipinski definition) is 3. The maximum atomic E-state index is 4.41. The highest BCUT2D eigenvalue weighted by atomic mass is 15.2. The lowest BCUT2D eigenvalue weighted by Gasteiger charge is -2.15. The number of fused-ring (bicyclic) bond motifs is 1. The van der Waals surface area contributed by atoms with Crippen molar-refractivity contribution in [1.82, 2.24) is 14.4 Å². The third kappa shape index (κ3) is 1.62. The lowest BCUT2D eigenvalue weighted by molar-refractivity contribution is 1.01. The molecule has 18 heavy (non-hydrogen) atoms. The maximum absolute atomic E-state index is 4.41. The summed E-state index contributed by atoms with van der Waals surface area (Å²) in [6.07, 6.45) is 5.51. The summed E-state index contributed by atoms with van der Waals surface area (Å²) in [5.41, 5.74) is 3.09. The van der Waals surface area contributed by atoms with Crippen LogP contribution >= 0.6 is 0 Å². The first kappa shape index (κ1) is 10.8. The van der Waals surface area contributed by atoms with E-state index in [1.54, 1.807) is 6.20 Å². The van der Waals surface area contributed by atoms with Crippen LogP contribution in [0.1, 0.15) is 0 Å². The van der Waals surface area contributed by atoms with Gasteiger partial charge in [-0.3, -0.25) is 9.38 Å². The summed E-state index contributed by atoms with van der Waals surface area (Å²) in [6.45, 7) is 0. The van der Waals surface area contributed by atoms with Crippen LogP contribution in [-0.4, -0.2) is 28.5 Å². The molecule has 0 fully saturated rings. The Balaban J connectivity index is 2.31. The Morgan fingerprint density at radius 2 is 1.78 bits per heavy atom. The van der Waals surface area contributed by atoms with E-state index in [9.17, 15) is 0 Å². The van der Waals surface area contributed by atoms with Crippen LogP contribution in [0, 0.1) is 0 Å². The zero-order chi connectivity index (χ0) is 12.5. The molecule has 0 aliphatic rings. The van der Waals surface area contributed by atoms with Crippen LogP contribution in [-0.2, 0) is 0 Å². The third-order valence-corrected chi connectivity index (χ3v) is 2.93. The van der Waals surface area contributed by atoms with E-state index in [4.69, 9.17) is 0 Å². The molecule has 0 bridgehead atoms. The first-order chi connectivity index (χ1) is 8.77.